The highest BCUT2D eigenvalue weighted by Gasteiger charge is 2.09. The second-order valence-corrected chi connectivity index (χ2v) is 2.19. The van der Waals surface area contributed by atoms with Crippen LogP contribution in [0.1, 0.15) is 5.56 Å². The number of alkyl halides is 1. The summed E-state index contributed by atoms with van der Waals surface area (Å²) in [5, 5.41) is 0. The summed E-state index contributed by atoms with van der Waals surface area (Å²) in [6.07, 6.45) is 0. The van der Waals surface area contributed by atoms with Crippen LogP contribution in [0.3, 0.4) is 0 Å². The van der Waals surface area contributed by atoms with Gasteiger partial charge in [-0.15, -0.1) is 11.6 Å². The lowest BCUT2D eigenvalue weighted by molar-refractivity contribution is 0.242. The van der Waals surface area contributed by atoms with Gasteiger partial charge in [-0.2, -0.15) is 0 Å². The molecule has 1 aromatic heterocycles. The molecule has 11 heavy (non-hydrogen) atoms. The highest BCUT2D eigenvalue weighted by Crippen LogP contribution is 2.29. The van der Waals surface area contributed by atoms with Gasteiger partial charge in [0.15, 0.2) is 0 Å². The highest BCUT2D eigenvalue weighted by molar-refractivity contribution is 6.17. The maximum atomic E-state index is 5.59. The summed E-state index contributed by atoms with van der Waals surface area (Å²) in [5.74, 6) is 1.19. The lowest BCUT2D eigenvalue weighted by Crippen LogP contribution is -1.82. The quantitative estimate of drug-likeness (QED) is 0.661. The number of halogens is 1. The van der Waals surface area contributed by atoms with Crippen LogP contribution in [0.5, 0.6) is 11.9 Å². The van der Waals surface area contributed by atoms with E-state index in [2.05, 4.69) is 0 Å². The molecule has 0 fully saturated rings. The van der Waals surface area contributed by atoms with Crippen LogP contribution in [0.15, 0.2) is 10.5 Å². The molecule has 0 spiro atoms. The van der Waals surface area contributed by atoms with Gasteiger partial charge in [0.1, 0.15) is 0 Å². The minimum Gasteiger partial charge on any atom is -0.468 e. The van der Waals surface area contributed by atoms with E-state index in [-0.39, 0.29) is 0 Å². The van der Waals surface area contributed by atoms with Crippen LogP contribution >= 0.6 is 11.6 Å². The fourth-order valence-electron chi connectivity index (χ4n) is 0.754. The van der Waals surface area contributed by atoms with Crippen molar-refractivity contribution < 1.29 is 13.9 Å². The summed E-state index contributed by atoms with van der Waals surface area (Å²) in [5.41, 5.74) is 0.797. The van der Waals surface area contributed by atoms with E-state index in [9.17, 15) is 0 Å². The average Bonchev–Trinajstić information content (AvgIpc) is 2.46. The van der Waals surface area contributed by atoms with E-state index in [1.54, 1.807) is 6.07 Å². The Hall–Kier alpha value is -0.830. The molecule has 0 aromatic carbocycles. The fraction of sp³-hybridized carbons (Fsp3) is 0.429. The van der Waals surface area contributed by atoms with Crippen LogP contribution in [0.4, 0.5) is 0 Å². The first-order valence-electron chi connectivity index (χ1n) is 3.08. The van der Waals surface area contributed by atoms with Gasteiger partial charge in [-0.3, -0.25) is 0 Å². The predicted molar refractivity (Wildman–Crippen MR) is 41.4 cm³/mol. The maximum Gasteiger partial charge on any atom is 0.291 e. The normalized spacial score (nSPS) is 9.73. The molecule has 62 valence electrons. The average molecular weight is 177 g/mol. The van der Waals surface area contributed by atoms with Gasteiger partial charge in [-0.1, -0.05) is 0 Å². The van der Waals surface area contributed by atoms with Crippen LogP contribution in [0.2, 0.25) is 0 Å². The van der Waals surface area contributed by atoms with Gasteiger partial charge in [0.05, 0.1) is 25.7 Å². The molecule has 0 N–H and O–H groups in total. The van der Waals surface area contributed by atoms with Crippen LogP contribution in [-0.2, 0) is 5.88 Å². The molecule has 4 heteroatoms. The molecule has 0 bridgehead atoms. The van der Waals surface area contributed by atoms with Gasteiger partial charge >= 0.3 is 0 Å². The Bertz CT molecular complexity index is 210. The standard InChI is InChI=1S/C7H9ClO3/c1-9-6-3-5(4-8)7(10-2)11-6/h3H,4H2,1-2H3. The molecular weight excluding hydrogens is 168 g/mol. The third-order valence-corrected chi connectivity index (χ3v) is 1.57. The molecule has 0 atom stereocenters. The highest BCUT2D eigenvalue weighted by atomic mass is 35.5. The molecule has 0 aliphatic rings. The third-order valence-electron chi connectivity index (χ3n) is 1.28. The molecule has 0 aliphatic heterocycles. The summed E-state index contributed by atoms with van der Waals surface area (Å²) >= 11 is 5.59. The van der Waals surface area contributed by atoms with E-state index in [1.165, 1.54) is 14.2 Å². The van der Waals surface area contributed by atoms with Crippen LogP contribution < -0.4 is 9.47 Å². The first-order chi connectivity index (χ1) is 5.31. The van der Waals surface area contributed by atoms with Crippen molar-refractivity contribution in [1.82, 2.24) is 0 Å². The summed E-state index contributed by atoms with van der Waals surface area (Å²) in [6, 6.07) is 1.70. The summed E-state index contributed by atoms with van der Waals surface area (Å²) in [7, 11) is 3.05. The van der Waals surface area contributed by atoms with Crippen molar-refractivity contribution in [2.75, 3.05) is 14.2 Å². The lowest BCUT2D eigenvalue weighted by atomic mass is 10.4. The Morgan fingerprint density at radius 2 is 2.18 bits per heavy atom. The van der Waals surface area contributed by atoms with Crippen LogP contribution in [0.25, 0.3) is 0 Å². The van der Waals surface area contributed by atoms with Gasteiger partial charge in [0, 0.05) is 6.07 Å². The minimum absolute atomic E-state index is 0.357. The molecule has 0 radical (unpaired) electrons. The number of hydrogen-bond acceptors (Lipinski definition) is 3. The van der Waals surface area contributed by atoms with Gasteiger partial charge in [0.25, 0.3) is 11.9 Å². The Morgan fingerprint density at radius 3 is 2.55 bits per heavy atom. The maximum absolute atomic E-state index is 5.59. The molecule has 1 heterocycles. The number of furan rings is 1. The topological polar surface area (TPSA) is 31.6 Å². The Labute approximate surface area is 69.9 Å². The zero-order valence-electron chi connectivity index (χ0n) is 6.39. The van der Waals surface area contributed by atoms with E-state index >= 15 is 0 Å². The molecule has 1 rings (SSSR count). The van der Waals surface area contributed by atoms with Crippen LogP contribution in [0, 0.1) is 0 Å². The third kappa shape index (κ3) is 1.60. The number of rotatable bonds is 3. The molecule has 0 unspecified atom stereocenters. The fourth-order valence-corrected chi connectivity index (χ4v) is 0.940. The van der Waals surface area contributed by atoms with Crippen molar-refractivity contribution in [2.24, 2.45) is 0 Å². The van der Waals surface area contributed by atoms with Crippen molar-refractivity contribution in [1.29, 1.82) is 0 Å². The number of methoxy groups -OCH3 is 2. The Kier molecular flexibility index (Phi) is 2.65. The smallest absolute Gasteiger partial charge is 0.291 e. The molecule has 0 saturated carbocycles. The first kappa shape index (κ1) is 8.27. The monoisotopic (exact) mass is 176 g/mol. The largest absolute Gasteiger partial charge is 0.468 e. The van der Waals surface area contributed by atoms with Crippen molar-refractivity contribution >= 4 is 11.6 Å². The molecule has 0 saturated heterocycles. The van der Waals surface area contributed by atoms with Gasteiger partial charge < -0.3 is 13.9 Å². The number of ether oxygens (including phenoxy) is 2. The van der Waals surface area contributed by atoms with Crippen molar-refractivity contribution in [3.63, 3.8) is 0 Å². The Balaban J connectivity index is 2.92. The second kappa shape index (κ2) is 3.53. The zero-order chi connectivity index (χ0) is 8.27. The van der Waals surface area contributed by atoms with Crippen molar-refractivity contribution in [2.45, 2.75) is 5.88 Å². The van der Waals surface area contributed by atoms with E-state index in [0.29, 0.717) is 17.8 Å². The lowest BCUT2D eigenvalue weighted by Gasteiger charge is -1.93. The van der Waals surface area contributed by atoms with Crippen molar-refractivity contribution in [3.05, 3.63) is 11.6 Å². The van der Waals surface area contributed by atoms with Crippen molar-refractivity contribution in [3.8, 4) is 11.9 Å². The van der Waals surface area contributed by atoms with E-state index in [4.69, 9.17) is 25.5 Å². The minimum atomic E-state index is 0.357. The summed E-state index contributed by atoms with van der Waals surface area (Å²) in [6.45, 7) is 0. The van der Waals surface area contributed by atoms with E-state index in [0.717, 1.165) is 5.56 Å². The van der Waals surface area contributed by atoms with Gasteiger partial charge in [-0.25, -0.2) is 0 Å². The van der Waals surface area contributed by atoms with Gasteiger partial charge in [-0.05, 0) is 0 Å². The summed E-state index contributed by atoms with van der Waals surface area (Å²) < 4.78 is 14.8. The molecular formula is C7H9ClO3. The molecule has 3 nitrogen and oxygen atoms in total. The van der Waals surface area contributed by atoms with Gasteiger partial charge in [0.2, 0.25) is 0 Å². The van der Waals surface area contributed by atoms with E-state index < -0.39 is 0 Å². The number of hydrogen-bond donors (Lipinski definition) is 0. The molecule has 0 amide bonds. The van der Waals surface area contributed by atoms with E-state index in [1.807, 2.05) is 0 Å². The Morgan fingerprint density at radius 1 is 1.45 bits per heavy atom. The summed E-state index contributed by atoms with van der Waals surface area (Å²) in [4.78, 5) is 0. The first-order valence-corrected chi connectivity index (χ1v) is 3.62. The zero-order valence-corrected chi connectivity index (χ0v) is 7.14. The SMILES string of the molecule is COc1cc(CCl)c(OC)o1. The predicted octanol–water partition coefficient (Wildman–Crippen LogP) is 2.04. The molecule has 1 aromatic rings. The second-order valence-electron chi connectivity index (χ2n) is 1.92. The van der Waals surface area contributed by atoms with Crippen LogP contribution in [-0.4, -0.2) is 14.2 Å². The molecule has 0 aliphatic carbocycles.